The van der Waals surface area contributed by atoms with Gasteiger partial charge in [-0.15, -0.1) is 0 Å². The van der Waals surface area contributed by atoms with Gasteiger partial charge in [-0.05, 0) is 37.6 Å². The predicted molar refractivity (Wildman–Crippen MR) is 94.0 cm³/mol. The normalized spacial score (nSPS) is 15.2. The SMILES string of the molecule is CCOc1cc(/C=C2/NC(=O)N(CC(=O)OC)C2=O)cc(Cl)c1OCC. The second kappa shape index (κ2) is 8.57. The Labute approximate surface area is 155 Å². The smallest absolute Gasteiger partial charge is 0.329 e. The lowest BCUT2D eigenvalue weighted by Gasteiger charge is -2.13. The number of ether oxygens (including phenoxy) is 3. The van der Waals surface area contributed by atoms with E-state index in [-0.39, 0.29) is 5.70 Å². The van der Waals surface area contributed by atoms with Gasteiger partial charge in [-0.1, -0.05) is 11.6 Å². The van der Waals surface area contributed by atoms with Crippen molar-refractivity contribution in [2.24, 2.45) is 0 Å². The van der Waals surface area contributed by atoms with Crippen molar-refractivity contribution in [3.63, 3.8) is 0 Å². The molecular formula is C17H19ClN2O6. The molecule has 1 aromatic carbocycles. The first kappa shape index (κ1) is 19.6. The van der Waals surface area contributed by atoms with Gasteiger partial charge < -0.3 is 19.5 Å². The molecule has 0 unspecified atom stereocenters. The summed E-state index contributed by atoms with van der Waals surface area (Å²) >= 11 is 6.24. The van der Waals surface area contributed by atoms with Crippen LogP contribution in [-0.4, -0.2) is 49.7 Å². The Balaban J connectivity index is 2.33. The van der Waals surface area contributed by atoms with Crippen molar-refractivity contribution in [1.29, 1.82) is 0 Å². The molecule has 26 heavy (non-hydrogen) atoms. The first-order valence-corrected chi connectivity index (χ1v) is 8.29. The number of carbonyl (C=O) groups excluding carboxylic acids is 3. The Morgan fingerprint density at radius 3 is 2.54 bits per heavy atom. The van der Waals surface area contributed by atoms with Gasteiger partial charge in [-0.25, -0.2) is 9.69 Å². The van der Waals surface area contributed by atoms with E-state index < -0.39 is 24.5 Å². The van der Waals surface area contributed by atoms with Crippen LogP contribution < -0.4 is 14.8 Å². The Kier molecular flexibility index (Phi) is 6.46. The second-order valence-electron chi connectivity index (χ2n) is 5.15. The molecule has 9 heteroatoms. The number of esters is 1. The van der Waals surface area contributed by atoms with Crippen molar-refractivity contribution in [3.8, 4) is 11.5 Å². The van der Waals surface area contributed by atoms with Crippen molar-refractivity contribution in [1.82, 2.24) is 10.2 Å². The number of hydrogen-bond acceptors (Lipinski definition) is 6. The first-order valence-electron chi connectivity index (χ1n) is 7.91. The summed E-state index contributed by atoms with van der Waals surface area (Å²) in [4.78, 5) is 36.3. The largest absolute Gasteiger partial charge is 0.490 e. The van der Waals surface area contributed by atoms with Crippen LogP contribution in [0.4, 0.5) is 4.79 Å². The quantitative estimate of drug-likeness (QED) is 0.441. The van der Waals surface area contributed by atoms with E-state index in [1.807, 2.05) is 13.8 Å². The molecule has 0 aliphatic carbocycles. The Morgan fingerprint density at radius 2 is 1.92 bits per heavy atom. The van der Waals surface area contributed by atoms with Gasteiger partial charge in [0.05, 0.1) is 25.3 Å². The van der Waals surface area contributed by atoms with Gasteiger partial charge in [0.2, 0.25) is 0 Å². The minimum Gasteiger partial charge on any atom is -0.490 e. The van der Waals surface area contributed by atoms with Gasteiger partial charge in [-0.2, -0.15) is 0 Å². The fraction of sp³-hybridized carbons (Fsp3) is 0.353. The molecule has 3 amide bonds. The third-order valence-corrected chi connectivity index (χ3v) is 3.69. The molecule has 1 N–H and O–H groups in total. The summed E-state index contributed by atoms with van der Waals surface area (Å²) in [6.07, 6.45) is 1.45. The van der Waals surface area contributed by atoms with Crippen molar-refractivity contribution < 1.29 is 28.6 Å². The van der Waals surface area contributed by atoms with E-state index in [4.69, 9.17) is 21.1 Å². The number of rotatable bonds is 7. The molecule has 0 atom stereocenters. The summed E-state index contributed by atoms with van der Waals surface area (Å²) in [7, 11) is 1.18. The molecule has 8 nitrogen and oxygen atoms in total. The zero-order chi connectivity index (χ0) is 19.3. The lowest BCUT2D eigenvalue weighted by molar-refractivity contribution is -0.143. The molecule has 140 valence electrons. The minimum absolute atomic E-state index is 0.0154. The number of methoxy groups -OCH3 is 1. The number of carbonyl (C=O) groups is 3. The van der Waals surface area contributed by atoms with E-state index in [0.717, 1.165) is 4.90 Å². The highest BCUT2D eigenvalue weighted by molar-refractivity contribution is 6.32. The van der Waals surface area contributed by atoms with Gasteiger partial charge >= 0.3 is 12.0 Å². The third-order valence-electron chi connectivity index (χ3n) is 3.41. The number of nitrogens with zero attached hydrogens (tertiary/aromatic N) is 1. The predicted octanol–water partition coefficient (Wildman–Crippen LogP) is 2.20. The maximum absolute atomic E-state index is 12.3. The Hall–Kier alpha value is -2.74. The molecule has 0 radical (unpaired) electrons. The van der Waals surface area contributed by atoms with Crippen LogP contribution in [0.2, 0.25) is 5.02 Å². The molecule has 1 aliphatic heterocycles. The maximum Gasteiger partial charge on any atom is 0.329 e. The number of halogens is 1. The monoisotopic (exact) mass is 382 g/mol. The molecule has 1 aromatic rings. The van der Waals surface area contributed by atoms with E-state index in [0.29, 0.717) is 35.3 Å². The van der Waals surface area contributed by atoms with Crippen molar-refractivity contribution in [2.45, 2.75) is 13.8 Å². The molecule has 0 bridgehead atoms. The zero-order valence-electron chi connectivity index (χ0n) is 14.6. The van der Waals surface area contributed by atoms with Crippen LogP contribution in [-0.2, 0) is 14.3 Å². The average Bonchev–Trinajstić information content (AvgIpc) is 2.85. The third kappa shape index (κ3) is 4.26. The number of urea groups is 1. The average molecular weight is 383 g/mol. The Bertz CT molecular complexity index is 762. The van der Waals surface area contributed by atoms with Crippen molar-refractivity contribution in [3.05, 3.63) is 28.4 Å². The summed E-state index contributed by atoms with van der Waals surface area (Å²) in [6, 6.07) is 2.54. The molecule has 1 fully saturated rings. The van der Waals surface area contributed by atoms with Crippen LogP contribution in [0.3, 0.4) is 0 Å². The second-order valence-corrected chi connectivity index (χ2v) is 5.56. The van der Waals surface area contributed by atoms with Gasteiger partial charge in [-0.3, -0.25) is 9.59 Å². The van der Waals surface area contributed by atoms with E-state index >= 15 is 0 Å². The van der Waals surface area contributed by atoms with Crippen molar-refractivity contribution >= 4 is 35.6 Å². The highest BCUT2D eigenvalue weighted by Gasteiger charge is 2.35. The molecule has 0 spiro atoms. The van der Waals surface area contributed by atoms with Crippen LogP contribution in [0, 0.1) is 0 Å². The Morgan fingerprint density at radius 1 is 1.23 bits per heavy atom. The van der Waals surface area contributed by atoms with Gasteiger partial charge in [0.15, 0.2) is 11.5 Å². The zero-order valence-corrected chi connectivity index (χ0v) is 15.4. The summed E-state index contributed by atoms with van der Waals surface area (Å²) in [5.74, 6) is -0.495. The molecule has 0 aromatic heterocycles. The fourth-order valence-electron chi connectivity index (χ4n) is 2.29. The van der Waals surface area contributed by atoms with Crippen LogP contribution in [0.15, 0.2) is 17.8 Å². The summed E-state index contributed by atoms with van der Waals surface area (Å²) < 4.78 is 15.5. The standard InChI is InChI=1S/C17H19ClN2O6/c1-4-25-13-8-10(6-11(18)15(13)26-5-2)7-12-16(22)20(17(23)19-12)9-14(21)24-3/h6-8H,4-5,9H2,1-3H3,(H,19,23)/b12-7+. The van der Waals surface area contributed by atoms with Crippen molar-refractivity contribution in [2.75, 3.05) is 26.9 Å². The summed E-state index contributed by atoms with van der Waals surface area (Å²) in [5.41, 5.74) is 0.548. The number of benzene rings is 1. The highest BCUT2D eigenvalue weighted by atomic mass is 35.5. The summed E-state index contributed by atoms with van der Waals surface area (Å²) in [5, 5.41) is 2.73. The molecule has 1 aliphatic rings. The van der Waals surface area contributed by atoms with Gasteiger partial charge in [0.1, 0.15) is 12.2 Å². The number of nitrogens with one attached hydrogen (secondary N) is 1. The van der Waals surface area contributed by atoms with E-state index in [1.165, 1.54) is 13.2 Å². The molecule has 0 saturated carbocycles. The lowest BCUT2D eigenvalue weighted by atomic mass is 10.1. The van der Waals surface area contributed by atoms with Crippen LogP contribution in [0.5, 0.6) is 11.5 Å². The number of hydrogen-bond donors (Lipinski definition) is 1. The molecule has 2 rings (SSSR count). The lowest BCUT2D eigenvalue weighted by Crippen LogP contribution is -2.36. The van der Waals surface area contributed by atoms with Crippen LogP contribution >= 0.6 is 11.6 Å². The molecular weight excluding hydrogens is 364 g/mol. The van der Waals surface area contributed by atoms with E-state index in [1.54, 1.807) is 12.1 Å². The maximum atomic E-state index is 12.3. The van der Waals surface area contributed by atoms with Crippen LogP contribution in [0.1, 0.15) is 19.4 Å². The number of imide groups is 1. The molecule has 1 heterocycles. The highest BCUT2D eigenvalue weighted by Crippen LogP contribution is 2.37. The van der Waals surface area contributed by atoms with E-state index in [9.17, 15) is 14.4 Å². The summed E-state index contributed by atoms with van der Waals surface area (Å²) in [6.45, 7) is 3.99. The van der Waals surface area contributed by atoms with Crippen LogP contribution in [0.25, 0.3) is 6.08 Å². The molecule has 1 saturated heterocycles. The number of amides is 3. The first-order chi connectivity index (χ1) is 12.4. The topological polar surface area (TPSA) is 94.2 Å². The van der Waals surface area contributed by atoms with Gasteiger partial charge in [0, 0.05) is 0 Å². The minimum atomic E-state index is -0.700. The fourth-order valence-corrected chi connectivity index (χ4v) is 2.57. The van der Waals surface area contributed by atoms with Gasteiger partial charge in [0.25, 0.3) is 5.91 Å². The van der Waals surface area contributed by atoms with E-state index in [2.05, 4.69) is 10.1 Å².